The summed E-state index contributed by atoms with van der Waals surface area (Å²) >= 11 is 0. The molecule has 1 aliphatic rings. The fraction of sp³-hybridized carbons (Fsp3) is 0.368. The number of hydrogen-bond acceptors (Lipinski definition) is 3. The minimum Gasteiger partial charge on any atom is -0.450 e. The number of carbonyl (C=O) groups excluding carboxylic acids is 2. The Hall–Kier alpha value is -2.96. The van der Waals surface area contributed by atoms with Gasteiger partial charge in [0.1, 0.15) is 0 Å². The van der Waals surface area contributed by atoms with Gasteiger partial charge in [0.15, 0.2) is 0 Å². The van der Waals surface area contributed by atoms with Crippen molar-refractivity contribution in [3.05, 3.63) is 48.3 Å². The summed E-state index contributed by atoms with van der Waals surface area (Å²) in [6.07, 6.45) is 3.63. The van der Waals surface area contributed by atoms with Crippen molar-refractivity contribution >= 4 is 17.8 Å². The zero-order valence-corrected chi connectivity index (χ0v) is 15.1. The monoisotopic (exact) mass is 356 g/mol. The van der Waals surface area contributed by atoms with Gasteiger partial charge in [-0.1, -0.05) is 6.07 Å². The first-order chi connectivity index (χ1) is 12.6. The molecule has 1 aromatic heterocycles. The topological polar surface area (TPSA) is 66.8 Å². The number of aromatic nitrogens is 1. The summed E-state index contributed by atoms with van der Waals surface area (Å²) in [5.74, 6) is 0. The highest BCUT2D eigenvalue weighted by Gasteiger charge is 2.25. The first-order valence-corrected chi connectivity index (χ1v) is 8.80. The van der Waals surface area contributed by atoms with Crippen LogP contribution in [0.4, 0.5) is 15.3 Å². The van der Waals surface area contributed by atoms with Crippen LogP contribution in [0.15, 0.2) is 42.7 Å². The van der Waals surface area contributed by atoms with Crippen LogP contribution in [0, 0.1) is 6.92 Å². The third kappa shape index (κ3) is 3.82. The molecule has 0 atom stereocenters. The average Bonchev–Trinajstić information content (AvgIpc) is 3.18. The van der Waals surface area contributed by atoms with Crippen molar-refractivity contribution in [2.45, 2.75) is 13.8 Å². The van der Waals surface area contributed by atoms with Gasteiger partial charge < -0.3 is 24.4 Å². The van der Waals surface area contributed by atoms with Crippen molar-refractivity contribution in [2.24, 2.45) is 0 Å². The van der Waals surface area contributed by atoms with Gasteiger partial charge in [-0.05, 0) is 43.7 Å². The number of hydrogen-bond donors (Lipinski definition) is 1. The lowest BCUT2D eigenvalue weighted by Gasteiger charge is -2.34. The summed E-state index contributed by atoms with van der Waals surface area (Å²) < 4.78 is 7.02. The molecule has 1 aromatic carbocycles. The highest BCUT2D eigenvalue weighted by molar-refractivity contribution is 5.91. The number of urea groups is 1. The molecule has 1 N–H and O–H groups in total. The summed E-state index contributed by atoms with van der Waals surface area (Å²) in [6, 6.07) is 9.62. The fourth-order valence-corrected chi connectivity index (χ4v) is 3.03. The summed E-state index contributed by atoms with van der Waals surface area (Å²) in [6.45, 7) is 6.07. The Morgan fingerprint density at radius 1 is 1.04 bits per heavy atom. The second-order valence-electron chi connectivity index (χ2n) is 6.14. The lowest BCUT2D eigenvalue weighted by atomic mass is 10.1. The largest absolute Gasteiger partial charge is 0.450 e. The highest BCUT2D eigenvalue weighted by Crippen LogP contribution is 2.23. The second kappa shape index (κ2) is 7.95. The molecular weight excluding hydrogens is 332 g/mol. The maximum Gasteiger partial charge on any atom is 0.409 e. The molecule has 1 aliphatic heterocycles. The third-order valence-corrected chi connectivity index (χ3v) is 4.52. The normalized spacial score (nSPS) is 14.2. The van der Waals surface area contributed by atoms with Gasteiger partial charge in [0.25, 0.3) is 0 Å². The van der Waals surface area contributed by atoms with Crippen molar-refractivity contribution in [2.75, 3.05) is 38.1 Å². The molecule has 0 unspecified atom stereocenters. The van der Waals surface area contributed by atoms with Crippen LogP contribution in [0.25, 0.3) is 5.69 Å². The van der Waals surface area contributed by atoms with E-state index < -0.39 is 0 Å². The first-order valence-electron chi connectivity index (χ1n) is 8.80. The van der Waals surface area contributed by atoms with E-state index in [0.29, 0.717) is 32.8 Å². The van der Waals surface area contributed by atoms with Gasteiger partial charge in [-0.15, -0.1) is 0 Å². The molecule has 26 heavy (non-hydrogen) atoms. The van der Waals surface area contributed by atoms with Crippen molar-refractivity contribution < 1.29 is 14.3 Å². The van der Waals surface area contributed by atoms with E-state index in [2.05, 4.69) is 5.32 Å². The molecule has 1 saturated heterocycles. The lowest BCUT2D eigenvalue weighted by molar-refractivity contribution is 0.0868. The Morgan fingerprint density at radius 3 is 2.35 bits per heavy atom. The highest BCUT2D eigenvalue weighted by atomic mass is 16.6. The molecule has 2 heterocycles. The maximum absolute atomic E-state index is 12.6. The number of piperazine rings is 1. The molecule has 2 aromatic rings. The van der Waals surface area contributed by atoms with Crippen LogP contribution in [-0.2, 0) is 4.74 Å². The Labute approximate surface area is 153 Å². The van der Waals surface area contributed by atoms with E-state index in [1.54, 1.807) is 16.7 Å². The Balaban J connectivity index is 1.63. The predicted molar refractivity (Wildman–Crippen MR) is 99.7 cm³/mol. The Kier molecular flexibility index (Phi) is 5.46. The molecule has 3 amide bonds. The Morgan fingerprint density at radius 2 is 1.69 bits per heavy atom. The quantitative estimate of drug-likeness (QED) is 0.919. The molecule has 7 nitrogen and oxygen atoms in total. The summed E-state index contributed by atoms with van der Waals surface area (Å²) in [4.78, 5) is 27.7. The van der Waals surface area contributed by atoms with Crippen molar-refractivity contribution in [3.63, 3.8) is 0 Å². The number of carbonyl (C=O) groups is 2. The number of anilines is 1. The first kappa shape index (κ1) is 17.8. The smallest absolute Gasteiger partial charge is 0.409 e. The zero-order valence-electron chi connectivity index (χ0n) is 15.1. The maximum atomic E-state index is 12.6. The summed E-state index contributed by atoms with van der Waals surface area (Å²) in [5, 5.41) is 2.99. The van der Waals surface area contributed by atoms with Crippen LogP contribution < -0.4 is 5.32 Å². The van der Waals surface area contributed by atoms with E-state index in [1.165, 1.54) is 0 Å². The third-order valence-electron chi connectivity index (χ3n) is 4.52. The SMILES string of the molecule is CCOC(=O)N1CCN(C(=O)Nc2cccc(-n3cccc3)c2C)CC1. The minimum atomic E-state index is -0.317. The molecule has 138 valence electrons. The number of nitrogens with one attached hydrogen (secondary N) is 1. The fourth-order valence-electron chi connectivity index (χ4n) is 3.03. The van der Waals surface area contributed by atoms with E-state index in [0.717, 1.165) is 16.9 Å². The van der Waals surface area contributed by atoms with Gasteiger partial charge in [-0.25, -0.2) is 9.59 Å². The van der Waals surface area contributed by atoms with Gasteiger partial charge >= 0.3 is 12.1 Å². The number of rotatable bonds is 3. The average molecular weight is 356 g/mol. The minimum absolute atomic E-state index is 0.152. The Bertz CT molecular complexity index is 765. The number of nitrogens with zero attached hydrogens (tertiary/aromatic N) is 3. The van der Waals surface area contributed by atoms with Crippen LogP contribution in [0.3, 0.4) is 0 Å². The van der Waals surface area contributed by atoms with Gasteiger partial charge in [0.2, 0.25) is 0 Å². The number of ether oxygens (including phenoxy) is 1. The van der Waals surface area contributed by atoms with Crippen molar-refractivity contribution in [1.82, 2.24) is 14.4 Å². The molecule has 1 fully saturated rings. The molecular formula is C19H24N4O3. The standard InChI is InChI=1S/C19H24N4O3/c1-3-26-19(25)23-13-11-22(12-14-23)18(24)20-16-7-6-8-17(15(16)2)21-9-4-5-10-21/h4-10H,3,11-14H2,1-2H3,(H,20,24). The van der Waals surface area contributed by atoms with Gasteiger partial charge in [0, 0.05) is 49.9 Å². The van der Waals surface area contributed by atoms with E-state index in [1.807, 2.05) is 54.2 Å². The van der Waals surface area contributed by atoms with Crippen LogP contribution in [-0.4, -0.2) is 59.3 Å². The predicted octanol–water partition coefficient (Wildman–Crippen LogP) is 3.09. The number of amides is 3. The van der Waals surface area contributed by atoms with Crippen LogP contribution in [0.5, 0.6) is 0 Å². The zero-order chi connectivity index (χ0) is 18.5. The van der Waals surface area contributed by atoms with Gasteiger partial charge in [-0.2, -0.15) is 0 Å². The molecule has 3 rings (SSSR count). The molecule has 0 spiro atoms. The van der Waals surface area contributed by atoms with E-state index >= 15 is 0 Å². The van der Waals surface area contributed by atoms with Crippen molar-refractivity contribution in [3.8, 4) is 5.69 Å². The van der Waals surface area contributed by atoms with Crippen LogP contribution >= 0.6 is 0 Å². The summed E-state index contributed by atoms with van der Waals surface area (Å²) in [7, 11) is 0. The van der Waals surface area contributed by atoms with E-state index in [9.17, 15) is 9.59 Å². The van der Waals surface area contributed by atoms with E-state index in [4.69, 9.17) is 4.74 Å². The molecule has 0 bridgehead atoms. The van der Waals surface area contributed by atoms with Gasteiger partial charge in [0.05, 0.1) is 6.61 Å². The molecule has 7 heteroatoms. The second-order valence-corrected chi connectivity index (χ2v) is 6.14. The lowest BCUT2D eigenvalue weighted by Crippen LogP contribution is -2.51. The summed E-state index contributed by atoms with van der Waals surface area (Å²) in [5.41, 5.74) is 2.82. The number of benzene rings is 1. The van der Waals surface area contributed by atoms with Crippen molar-refractivity contribution in [1.29, 1.82) is 0 Å². The molecule has 0 saturated carbocycles. The van der Waals surface area contributed by atoms with Crippen LogP contribution in [0.1, 0.15) is 12.5 Å². The molecule has 0 radical (unpaired) electrons. The molecule has 0 aliphatic carbocycles. The van der Waals surface area contributed by atoms with Crippen LogP contribution in [0.2, 0.25) is 0 Å². The van der Waals surface area contributed by atoms with E-state index in [-0.39, 0.29) is 12.1 Å². The van der Waals surface area contributed by atoms with Gasteiger partial charge in [-0.3, -0.25) is 0 Å².